The fourth-order valence-corrected chi connectivity index (χ4v) is 22.1. The highest BCUT2D eigenvalue weighted by Gasteiger charge is 2.64. The van der Waals surface area contributed by atoms with Crippen LogP contribution in [0.15, 0.2) is 0 Å². The molecule has 0 saturated carbocycles. The maximum Gasteiger partial charge on any atom is 0.192 e. The minimum Gasteiger partial charge on any atom is -0.414 e. The van der Waals surface area contributed by atoms with Gasteiger partial charge in [-0.25, -0.2) is 0 Å². The van der Waals surface area contributed by atoms with E-state index in [-0.39, 0.29) is 84.7 Å². The van der Waals surface area contributed by atoms with Gasteiger partial charge in [0.05, 0.1) is 46.2 Å². The Morgan fingerprint density at radius 2 is 0.321 bits per heavy atom. The molecular weight excluding hydrogens is 1830 g/mol. The molecule has 21 saturated heterocycles. The van der Waals surface area contributed by atoms with E-state index in [1.807, 2.05) is 0 Å². The van der Waals surface area contributed by atoms with Gasteiger partial charge in [0.1, 0.15) is 171 Å². The summed E-state index contributed by atoms with van der Waals surface area (Å²) >= 11 is 0. The first-order chi connectivity index (χ1) is 62.7. The molecule has 134 heavy (non-hydrogen) atoms. The van der Waals surface area contributed by atoms with Crippen molar-refractivity contribution in [3.8, 4) is 0 Å². The van der Waals surface area contributed by atoms with Gasteiger partial charge in [-0.1, -0.05) is 104 Å². The van der Waals surface area contributed by atoms with Crippen LogP contribution in [0.1, 0.15) is 117 Å². The molecule has 0 aliphatic carbocycles. The number of nitrogens with two attached hydrogens (primary N) is 2. The molecule has 0 aromatic heterocycles. The van der Waals surface area contributed by atoms with Crippen molar-refractivity contribution >= 4 is 41.6 Å². The summed E-state index contributed by atoms with van der Waals surface area (Å²) in [5.74, 6) is 0. The second-order valence-corrected chi connectivity index (χ2v) is 68.1. The van der Waals surface area contributed by atoms with Gasteiger partial charge >= 0.3 is 0 Å². The Morgan fingerprint density at radius 3 is 0.433 bits per heavy atom. The zero-order chi connectivity index (χ0) is 100. The van der Waals surface area contributed by atoms with Crippen LogP contribution in [0.2, 0.25) is 90.7 Å². The topological polar surface area (TPSA) is 375 Å². The van der Waals surface area contributed by atoms with E-state index in [2.05, 4.69) is 169 Å². The average molecular weight is 2020 g/mol. The molecule has 0 aromatic rings. The van der Waals surface area contributed by atoms with Crippen molar-refractivity contribution in [2.45, 2.75) is 422 Å². The van der Waals surface area contributed by atoms with Gasteiger partial charge in [0.15, 0.2) is 85.6 Å². The van der Waals surface area contributed by atoms with Gasteiger partial charge < -0.3 is 176 Å². The summed E-state index contributed by atoms with van der Waals surface area (Å²) in [5.41, 5.74) is 12.3. The molecular formula is C92H182N2O35Si5. The molecule has 21 fully saturated rings. The summed E-state index contributed by atoms with van der Waals surface area (Å²) in [6.07, 6.45) is -37.4. The summed E-state index contributed by atoms with van der Waals surface area (Å²) in [4.78, 5) is 0. The second-order valence-electron chi connectivity index (χ2n) is 44.1. The largest absolute Gasteiger partial charge is 0.414 e. The lowest BCUT2D eigenvalue weighted by molar-refractivity contribution is -0.402. The normalized spacial score (nSPS) is 38.3. The molecule has 42 heteroatoms. The van der Waals surface area contributed by atoms with E-state index in [0.717, 1.165) is 0 Å². The Kier molecular flexibility index (Phi) is 45.1. The van der Waals surface area contributed by atoms with Crippen molar-refractivity contribution in [2.75, 3.05) is 172 Å². The third-order valence-electron chi connectivity index (χ3n) is 30.6. The molecule has 21 heterocycles. The fourth-order valence-electron chi connectivity index (χ4n) is 17.0. The van der Waals surface area contributed by atoms with Crippen molar-refractivity contribution in [3.63, 3.8) is 0 Å². The molecule has 0 spiro atoms. The summed E-state index contributed by atoms with van der Waals surface area (Å²) in [6, 6.07) is 0. The number of ether oxygens (including phenoxy) is 30. The third-order valence-corrected chi connectivity index (χ3v) is 53.1. The summed E-state index contributed by atoms with van der Waals surface area (Å²) < 4.78 is 247. The third kappa shape index (κ3) is 28.1. The quantitative estimate of drug-likeness (QED) is 0.0427. The lowest BCUT2D eigenvalue weighted by Crippen LogP contribution is -2.69. The summed E-state index contributed by atoms with van der Waals surface area (Å²) in [5, 5.41) is -1.34. The number of methoxy groups -OCH3 is 14. The molecule has 790 valence electrons. The molecule has 14 bridgehead atoms. The van der Waals surface area contributed by atoms with Crippen molar-refractivity contribution in [3.05, 3.63) is 0 Å². The molecule has 21 aliphatic rings. The molecule has 35 unspecified atom stereocenters. The van der Waals surface area contributed by atoms with Crippen LogP contribution in [-0.4, -0.2) is 429 Å². The van der Waals surface area contributed by atoms with Crippen LogP contribution >= 0.6 is 0 Å². The highest BCUT2D eigenvalue weighted by molar-refractivity contribution is 6.75. The van der Waals surface area contributed by atoms with Crippen LogP contribution in [0.4, 0.5) is 0 Å². The molecule has 4 N–H and O–H groups in total. The Hall–Kier alpha value is -0.396. The minimum absolute atomic E-state index is 0.0211. The van der Waals surface area contributed by atoms with Gasteiger partial charge in [0, 0.05) is 113 Å². The molecule has 0 amide bonds. The highest BCUT2D eigenvalue weighted by atomic mass is 28.4. The SMILES string of the molecule is COC1C2OC(COCCCN)C(OC3OC(CO[Si](C)(C)C(C)(C)C)C(OC4OC(CO[Si](C)(C)C(C)(C)C)C(OC5OC(COCCCN)C(OC6OC(CO[Si](C)(C)C(C)(C)C)C(OC7OC(CO[Si](C)(C)C(C)(C)C)C(OC8OC(CO[Si](C)(C)C(C)(C)C)C(O2)C(OC)C8OC)C(OC)C7OC)C(OC)C6OC)C(OC)C5OC)C(OC)C4OC)C(OC)C3OC)C1OC. The van der Waals surface area contributed by atoms with E-state index in [4.69, 9.17) is 176 Å². The van der Waals surface area contributed by atoms with Crippen molar-refractivity contribution in [2.24, 2.45) is 11.5 Å². The molecule has 0 aromatic carbocycles. The minimum atomic E-state index is -2.65. The summed E-state index contributed by atoms with van der Waals surface area (Å²) in [7, 11) is 8.64. The molecule has 21 rings (SSSR count). The standard InChI is InChI=1S/C92H182N2O35Si5/c1-88(2,3)130(30,31)111-48-55-62-69(97-18)78(106-27)85(120-55)127-64-57(50-113-132(34,35)90(7,8)9)118-83(76(104-25)71(64)99-20)123-60-53(46-109-44-40-42-93)117-82(75(103-24)67(60)95-16)126-63-56(49-112-131(32,33)89(4,5)6)121-86(79(107-28)70(63)98-19)129-66-59(52-115-134(38,39)92(13,14)15)122-87(80(108-29)73(66)101-22)128-65-58(51-114-133(36,37)91(10,11)12)119-84(77(105-26)72(65)100-21)124-61-54(47-110-45-41-43-94)116-81(125-62)74(102-23)68(61)96-17/h53-87H,40-52,93-94H2,1-39H3. The first kappa shape index (κ1) is 119. The van der Waals surface area contributed by atoms with Gasteiger partial charge in [-0.2, -0.15) is 0 Å². The van der Waals surface area contributed by atoms with E-state index >= 15 is 0 Å². The van der Waals surface area contributed by atoms with Crippen LogP contribution in [0.25, 0.3) is 0 Å². The smallest absolute Gasteiger partial charge is 0.192 e. The van der Waals surface area contributed by atoms with Crippen LogP contribution in [0.3, 0.4) is 0 Å². The zero-order valence-corrected chi connectivity index (χ0v) is 93.8. The van der Waals surface area contributed by atoms with E-state index in [0.29, 0.717) is 25.9 Å². The predicted molar refractivity (Wildman–Crippen MR) is 511 cm³/mol. The van der Waals surface area contributed by atoms with Gasteiger partial charge in [0.25, 0.3) is 0 Å². The van der Waals surface area contributed by atoms with Gasteiger partial charge in [0.2, 0.25) is 0 Å². The fraction of sp³-hybridized carbons (Fsp3) is 1.00. The van der Waals surface area contributed by atoms with Gasteiger partial charge in [-0.3, -0.25) is 0 Å². The van der Waals surface area contributed by atoms with Crippen LogP contribution < -0.4 is 11.5 Å². The van der Waals surface area contributed by atoms with E-state index in [1.165, 1.54) is 0 Å². The van der Waals surface area contributed by atoms with Crippen molar-refractivity contribution in [1.29, 1.82) is 0 Å². The Morgan fingerprint density at radius 1 is 0.194 bits per heavy atom. The Bertz CT molecular complexity index is 3260. The second kappa shape index (κ2) is 50.8. The number of rotatable bonds is 39. The lowest BCUT2D eigenvalue weighted by Gasteiger charge is -2.53. The summed E-state index contributed by atoms with van der Waals surface area (Å²) in [6.45, 7) is 55.2. The van der Waals surface area contributed by atoms with Crippen molar-refractivity contribution < 1.29 is 164 Å². The number of hydrogen-bond acceptors (Lipinski definition) is 37. The monoisotopic (exact) mass is 2020 g/mol. The van der Waals surface area contributed by atoms with Crippen LogP contribution in [0, 0.1) is 0 Å². The Balaban J connectivity index is 1.40. The molecule has 0 radical (unpaired) electrons. The van der Waals surface area contributed by atoms with E-state index in [9.17, 15) is 0 Å². The van der Waals surface area contributed by atoms with E-state index in [1.54, 1.807) is 99.5 Å². The van der Waals surface area contributed by atoms with E-state index < -0.39 is 257 Å². The van der Waals surface area contributed by atoms with Gasteiger partial charge in [-0.15, -0.1) is 0 Å². The van der Waals surface area contributed by atoms with Crippen LogP contribution in [-0.2, 0) is 164 Å². The maximum atomic E-state index is 7.57. The zero-order valence-electron chi connectivity index (χ0n) is 88.8. The first-order valence-electron chi connectivity index (χ1n) is 48.0. The maximum absolute atomic E-state index is 7.57. The molecule has 35 atom stereocenters. The molecule has 21 aliphatic heterocycles. The van der Waals surface area contributed by atoms with Gasteiger partial charge in [-0.05, 0) is 117 Å². The highest BCUT2D eigenvalue weighted by Crippen LogP contribution is 2.49. The van der Waals surface area contributed by atoms with Crippen molar-refractivity contribution in [1.82, 2.24) is 0 Å². The average Bonchev–Trinajstić information content (AvgIpc) is 0.774. The lowest BCUT2D eigenvalue weighted by atomic mass is 9.94. The number of hydrogen-bond donors (Lipinski definition) is 2. The first-order valence-corrected chi connectivity index (χ1v) is 62.5. The molecule has 37 nitrogen and oxygen atoms in total. The predicted octanol–water partition coefficient (Wildman–Crippen LogP) is 9.82. The van der Waals surface area contributed by atoms with Crippen LogP contribution in [0.5, 0.6) is 0 Å². The Labute approximate surface area is 807 Å².